The van der Waals surface area contributed by atoms with Gasteiger partial charge in [-0.2, -0.15) is 26.3 Å². The molecule has 0 radical (unpaired) electrons. The zero-order chi connectivity index (χ0) is 27.9. The molecule has 0 atom stereocenters. The quantitative estimate of drug-likeness (QED) is 0.275. The van der Waals surface area contributed by atoms with Crippen LogP contribution in [0.5, 0.6) is 0 Å². The predicted molar refractivity (Wildman–Crippen MR) is 132 cm³/mol. The summed E-state index contributed by atoms with van der Waals surface area (Å²) in [5.41, 5.74) is -2.49. The van der Waals surface area contributed by atoms with Gasteiger partial charge in [-0.1, -0.05) is 36.4 Å². The second kappa shape index (κ2) is 9.87. The Kier molecular flexibility index (Phi) is 6.69. The molecule has 1 amide bonds. The van der Waals surface area contributed by atoms with Crippen molar-refractivity contribution in [3.63, 3.8) is 0 Å². The third kappa shape index (κ3) is 5.13. The number of nitrogens with zero attached hydrogens (tertiary/aromatic N) is 3. The standard InChI is InChI=1S/C28H21F6N3O2/c29-27(30,31)19-13-17(14-20(15-19)28(32,33)34)16-36-11-4-5-12-37-24(26(36)39)22(18-7-2-1-3-8-18)21-9-6-10-35-23(21)25(37)38/h1-3,6-10,13-15H,4-5,11-12,16H2. The van der Waals surface area contributed by atoms with Crippen LogP contribution in [0.25, 0.3) is 22.0 Å². The molecule has 2 aromatic carbocycles. The summed E-state index contributed by atoms with van der Waals surface area (Å²) >= 11 is 0. The molecular formula is C28H21F6N3O2. The number of alkyl halides is 6. The molecule has 5 rings (SSSR count). The Balaban J connectivity index is 1.69. The number of benzene rings is 2. The molecule has 0 N–H and O–H groups in total. The summed E-state index contributed by atoms with van der Waals surface area (Å²) in [6, 6.07) is 13.4. The van der Waals surface area contributed by atoms with Crippen LogP contribution in [0.15, 0.2) is 71.7 Å². The summed E-state index contributed by atoms with van der Waals surface area (Å²) in [4.78, 5) is 32.9. The highest BCUT2D eigenvalue weighted by Crippen LogP contribution is 2.37. The summed E-state index contributed by atoms with van der Waals surface area (Å²) < 4.78 is 82.0. The topological polar surface area (TPSA) is 55.2 Å². The fourth-order valence-electron chi connectivity index (χ4n) is 4.91. The fourth-order valence-corrected chi connectivity index (χ4v) is 4.91. The molecule has 2 aromatic heterocycles. The molecule has 3 heterocycles. The smallest absolute Gasteiger partial charge is 0.333 e. The number of amides is 1. The maximum absolute atomic E-state index is 14.0. The maximum atomic E-state index is 14.0. The molecule has 0 spiro atoms. The summed E-state index contributed by atoms with van der Waals surface area (Å²) in [6.45, 7) is -0.203. The van der Waals surface area contributed by atoms with E-state index in [4.69, 9.17) is 0 Å². The van der Waals surface area contributed by atoms with Crippen LogP contribution in [0.4, 0.5) is 26.3 Å². The Morgan fingerprint density at radius 1 is 0.795 bits per heavy atom. The van der Waals surface area contributed by atoms with Gasteiger partial charge in [0, 0.05) is 36.8 Å². The Hall–Kier alpha value is -4.15. The van der Waals surface area contributed by atoms with Crippen molar-refractivity contribution >= 4 is 16.8 Å². The average Bonchev–Trinajstić information content (AvgIpc) is 2.89. The lowest BCUT2D eigenvalue weighted by Gasteiger charge is -2.29. The van der Waals surface area contributed by atoms with Gasteiger partial charge in [0.25, 0.3) is 11.5 Å². The normalized spacial score (nSPS) is 14.7. The Bertz CT molecular complexity index is 1580. The zero-order valence-electron chi connectivity index (χ0n) is 20.3. The van der Waals surface area contributed by atoms with Gasteiger partial charge < -0.3 is 9.47 Å². The lowest BCUT2D eigenvalue weighted by atomic mass is 9.96. The first-order valence-electron chi connectivity index (χ1n) is 12.1. The molecule has 0 fully saturated rings. The second-order valence-electron chi connectivity index (χ2n) is 9.29. The fraction of sp³-hybridized carbons (Fsp3) is 0.250. The molecular weight excluding hydrogens is 524 g/mol. The van der Waals surface area contributed by atoms with Gasteiger partial charge in [0.15, 0.2) is 0 Å². The van der Waals surface area contributed by atoms with Crippen LogP contribution in [0, 0.1) is 0 Å². The van der Waals surface area contributed by atoms with Gasteiger partial charge in [-0.15, -0.1) is 0 Å². The highest BCUT2D eigenvalue weighted by molar-refractivity contribution is 6.07. The van der Waals surface area contributed by atoms with E-state index in [1.165, 1.54) is 15.7 Å². The van der Waals surface area contributed by atoms with Crippen molar-refractivity contribution in [2.45, 2.75) is 38.3 Å². The first-order valence-corrected chi connectivity index (χ1v) is 12.1. The molecule has 5 nitrogen and oxygen atoms in total. The molecule has 0 aliphatic carbocycles. The van der Waals surface area contributed by atoms with Gasteiger partial charge in [-0.25, -0.2) is 0 Å². The van der Waals surface area contributed by atoms with E-state index in [0.29, 0.717) is 41.5 Å². The van der Waals surface area contributed by atoms with Gasteiger partial charge in [-0.3, -0.25) is 14.6 Å². The van der Waals surface area contributed by atoms with Crippen molar-refractivity contribution in [3.8, 4) is 11.1 Å². The Morgan fingerprint density at radius 2 is 1.44 bits per heavy atom. The minimum atomic E-state index is -5.01. The number of pyridine rings is 2. The van der Waals surface area contributed by atoms with Crippen molar-refractivity contribution in [2.75, 3.05) is 6.54 Å². The van der Waals surface area contributed by atoms with Crippen LogP contribution in [0.2, 0.25) is 0 Å². The van der Waals surface area contributed by atoms with Gasteiger partial charge in [0.05, 0.1) is 11.1 Å². The zero-order valence-corrected chi connectivity index (χ0v) is 20.3. The van der Waals surface area contributed by atoms with Crippen molar-refractivity contribution in [3.05, 3.63) is 99.6 Å². The van der Waals surface area contributed by atoms with Crippen LogP contribution in [0.1, 0.15) is 40.0 Å². The molecule has 1 aliphatic heterocycles. The van der Waals surface area contributed by atoms with E-state index in [1.54, 1.807) is 42.5 Å². The van der Waals surface area contributed by atoms with E-state index in [1.807, 2.05) is 0 Å². The van der Waals surface area contributed by atoms with E-state index >= 15 is 0 Å². The largest absolute Gasteiger partial charge is 0.416 e. The maximum Gasteiger partial charge on any atom is 0.416 e. The lowest BCUT2D eigenvalue weighted by Crippen LogP contribution is -2.39. The molecule has 11 heteroatoms. The minimum Gasteiger partial charge on any atom is -0.333 e. The van der Waals surface area contributed by atoms with Gasteiger partial charge in [0.2, 0.25) is 0 Å². The van der Waals surface area contributed by atoms with Crippen molar-refractivity contribution < 1.29 is 31.1 Å². The third-order valence-electron chi connectivity index (χ3n) is 6.66. The number of rotatable bonds is 3. The number of hydrogen-bond acceptors (Lipinski definition) is 3. The summed E-state index contributed by atoms with van der Waals surface area (Å²) in [5, 5.41) is 0.423. The average molecular weight is 545 g/mol. The third-order valence-corrected chi connectivity index (χ3v) is 6.66. The summed E-state index contributed by atoms with van der Waals surface area (Å²) in [5.74, 6) is -0.664. The van der Waals surface area contributed by atoms with Gasteiger partial charge >= 0.3 is 12.4 Å². The Labute approximate surface area is 218 Å². The lowest BCUT2D eigenvalue weighted by molar-refractivity contribution is -0.143. The first-order chi connectivity index (χ1) is 18.4. The molecule has 1 aliphatic rings. The van der Waals surface area contributed by atoms with Crippen molar-refractivity contribution in [1.29, 1.82) is 0 Å². The first kappa shape index (κ1) is 26.5. The summed E-state index contributed by atoms with van der Waals surface area (Å²) in [6.07, 6.45) is -7.71. The molecule has 0 saturated carbocycles. The number of carbonyl (C=O) groups is 1. The highest BCUT2D eigenvalue weighted by Gasteiger charge is 2.37. The van der Waals surface area contributed by atoms with Gasteiger partial charge in [0.1, 0.15) is 11.2 Å². The Morgan fingerprint density at radius 3 is 2.08 bits per heavy atom. The second-order valence-corrected chi connectivity index (χ2v) is 9.29. The van der Waals surface area contributed by atoms with Crippen LogP contribution in [-0.2, 0) is 25.4 Å². The number of hydrogen-bond donors (Lipinski definition) is 0. The summed E-state index contributed by atoms with van der Waals surface area (Å²) in [7, 11) is 0. The number of fused-ring (bicyclic) bond motifs is 2. The predicted octanol–water partition coefficient (Wildman–Crippen LogP) is 6.54. The van der Waals surface area contributed by atoms with Crippen LogP contribution < -0.4 is 5.56 Å². The van der Waals surface area contributed by atoms with Crippen LogP contribution in [0.3, 0.4) is 0 Å². The molecule has 0 bridgehead atoms. The molecule has 0 unspecified atom stereocenters. The van der Waals surface area contributed by atoms with Crippen LogP contribution in [-0.4, -0.2) is 26.9 Å². The van der Waals surface area contributed by atoms with E-state index in [-0.39, 0.29) is 35.9 Å². The number of carbonyl (C=O) groups excluding carboxylic acids is 1. The van der Waals surface area contributed by atoms with E-state index in [2.05, 4.69) is 4.98 Å². The molecule has 39 heavy (non-hydrogen) atoms. The molecule has 0 saturated heterocycles. The SMILES string of the molecule is O=C1c2c(-c3ccccc3)c3cccnc3c(=O)n2CCCCN1Cc1cc(C(F)(F)F)cc(C(F)(F)F)c1. The van der Waals surface area contributed by atoms with E-state index < -0.39 is 41.5 Å². The molecule has 202 valence electrons. The minimum absolute atomic E-state index is 0.0226. The number of halogens is 6. The van der Waals surface area contributed by atoms with Gasteiger partial charge in [-0.05, 0) is 48.2 Å². The van der Waals surface area contributed by atoms with Crippen molar-refractivity contribution in [1.82, 2.24) is 14.5 Å². The number of aromatic nitrogens is 2. The highest BCUT2D eigenvalue weighted by atomic mass is 19.4. The van der Waals surface area contributed by atoms with Crippen molar-refractivity contribution in [2.24, 2.45) is 0 Å². The van der Waals surface area contributed by atoms with E-state index in [0.717, 1.165) is 0 Å². The van der Waals surface area contributed by atoms with E-state index in [9.17, 15) is 35.9 Å². The van der Waals surface area contributed by atoms with Crippen LogP contribution >= 0.6 is 0 Å². The monoisotopic (exact) mass is 545 g/mol. The molecule has 4 aromatic rings.